The number of rotatable bonds is 7. The number of hydrogen-bond acceptors (Lipinski definition) is 3. The maximum atomic E-state index is 13.5. The molecule has 4 nitrogen and oxygen atoms in total. The number of ether oxygens (including phenoxy) is 1. The number of methoxy groups -OCH3 is 1. The summed E-state index contributed by atoms with van der Waals surface area (Å²) >= 11 is 0. The van der Waals surface area contributed by atoms with Crippen LogP contribution in [0.15, 0.2) is 36.9 Å². The van der Waals surface area contributed by atoms with Crippen LogP contribution in [0.1, 0.15) is 29.6 Å². The number of allylic oxidation sites excluding steroid dienone is 1. The first-order chi connectivity index (χ1) is 9.60. The number of amides is 1. The van der Waals surface area contributed by atoms with Crippen molar-refractivity contribution in [1.82, 2.24) is 5.32 Å². The average molecular weight is 279 g/mol. The minimum Gasteiger partial charge on any atom is -0.467 e. The lowest BCUT2D eigenvalue weighted by Crippen LogP contribution is -2.41. The molecule has 1 N–H and O–H groups in total. The first-order valence-electron chi connectivity index (χ1n) is 6.34. The lowest BCUT2D eigenvalue weighted by molar-refractivity contribution is -0.143. The maximum absolute atomic E-state index is 13.5. The highest BCUT2D eigenvalue weighted by molar-refractivity contribution is 5.96. The molecule has 0 aliphatic carbocycles. The molecule has 1 aromatic carbocycles. The fourth-order valence-electron chi connectivity index (χ4n) is 1.74. The fourth-order valence-corrected chi connectivity index (χ4v) is 1.74. The van der Waals surface area contributed by atoms with Crippen molar-refractivity contribution >= 4 is 11.9 Å². The van der Waals surface area contributed by atoms with Gasteiger partial charge in [0.05, 0.1) is 12.7 Å². The Balaban J connectivity index is 2.73. The van der Waals surface area contributed by atoms with E-state index in [4.69, 9.17) is 0 Å². The van der Waals surface area contributed by atoms with Crippen molar-refractivity contribution in [3.05, 3.63) is 48.3 Å². The molecule has 0 saturated carbocycles. The van der Waals surface area contributed by atoms with Crippen LogP contribution >= 0.6 is 0 Å². The Morgan fingerprint density at radius 1 is 1.45 bits per heavy atom. The molecule has 0 spiro atoms. The standard InChI is InChI=1S/C15H18FNO3/c1-3-4-5-10-13(15(19)20-2)17-14(18)11-8-6-7-9-12(11)16/h3,6-9,13H,1,4-5,10H2,2H3,(H,17,18)/t13-/m1/s1. The lowest BCUT2D eigenvalue weighted by atomic mass is 10.1. The van der Waals surface area contributed by atoms with Crippen molar-refractivity contribution in [3.8, 4) is 0 Å². The van der Waals surface area contributed by atoms with Crippen molar-refractivity contribution in [1.29, 1.82) is 0 Å². The van der Waals surface area contributed by atoms with Crippen molar-refractivity contribution in [2.24, 2.45) is 0 Å². The third-order valence-corrected chi connectivity index (χ3v) is 2.81. The van der Waals surface area contributed by atoms with E-state index < -0.39 is 23.7 Å². The van der Waals surface area contributed by atoms with E-state index in [-0.39, 0.29) is 5.56 Å². The van der Waals surface area contributed by atoms with Gasteiger partial charge in [-0.25, -0.2) is 9.18 Å². The molecule has 1 rings (SSSR count). The van der Waals surface area contributed by atoms with Gasteiger partial charge in [0, 0.05) is 0 Å². The van der Waals surface area contributed by atoms with E-state index in [9.17, 15) is 14.0 Å². The van der Waals surface area contributed by atoms with Crippen LogP contribution in [0.2, 0.25) is 0 Å². The Bertz CT molecular complexity index is 488. The normalized spacial score (nSPS) is 11.5. The number of unbranched alkanes of at least 4 members (excludes halogenated alkanes) is 1. The predicted molar refractivity (Wildman–Crippen MR) is 73.7 cm³/mol. The molecule has 1 atom stereocenters. The predicted octanol–water partition coefficient (Wildman–Crippen LogP) is 2.45. The summed E-state index contributed by atoms with van der Waals surface area (Å²) in [6.07, 6.45) is 3.55. The van der Waals surface area contributed by atoms with Gasteiger partial charge in [0.1, 0.15) is 11.9 Å². The molecule has 0 aliphatic rings. The summed E-state index contributed by atoms with van der Waals surface area (Å²) in [7, 11) is 1.25. The molecule has 0 saturated heterocycles. The van der Waals surface area contributed by atoms with E-state index in [1.165, 1.54) is 25.3 Å². The highest BCUT2D eigenvalue weighted by atomic mass is 19.1. The summed E-state index contributed by atoms with van der Waals surface area (Å²) in [5.41, 5.74) is -0.0925. The molecule has 5 heteroatoms. The Morgan fingerprint density at radius 3 is 2.75 bits per heavy atom. The second kappa shape index (κ2) is 8.09. The zero-order chi connectivity index (χ0) is 15.0. The number of hydrogen-bond donors (Lipinski definition) is 1. The van der Waals surface area contributed by atoms with Gasteiger partial charge < -0.3 is 10.1 Å². The van der Waals surface area contributed by atoms with Gasteiger partial charge in [-0.1, -0.05) is 18.2 Å². The van der Waals surface area contributed by atoms with Crippen LogP contribution in [0.5, 0.6) is 0 Å². The number of carbonyl (C=O) groups excluding carboxylic acids is 2. The molecular weight excluding hydrogens is 261 g/mol. The Labute approximate surface area is 117 Å². The number of halogens is 1. The summed E-state index contributed by atoms with van der Waals surface area (Å²) in [5.74, 6) is -1.80. The number of esters is 1. The summed E-state index contributed by atoms with van der Waals surface area (Å²) < 4.78 is 18.1. The monoisotopic (exact) mass is 279 g/mol. The average Bonchev–Trinajstić information content (AvgIpc) is 2.45. The van der Waals surface area contributed by atoms with E-state index >= 15 is 0 Å². The number of nitrogens with one attached hydrogen (secondary N) is 1. The van der Waals surface area contributed by atoms with Crippen LogP contribution in [-0.4, -0.2) is 25.0 Å². The molecule has 0 fully saturated rings. The summed E-state index contributed by atoms with van der Waals surface area (Å²) in [4.78, 5) is 23.6. The molecule has 0 radical (unpaired) electrons. The van der Waals surface area contributed by atoms with E-state index in [0.717, 1.165) is 6.42 Å². The summed E-state index contributed by atoms with van der Waals surface area (Å²) in [5, 5.41) is 2.50. The number of carbonyl (C=O) groups is 2. The molecule has 0 bridgehead atoms. The fraction of sp³-hybridized carbons (Fsp3) is 0.333. The van der Waals surface area contributed by atoms with Gasteiger partial charge in [0.25, 0.3) is 5.91 Å². The highest BCUT2D eigenvalue weighted by Crippen LogP contribution is 2.09. The molecule has 0 heterocycles. The van der Waals surface area contributed by atoms with Crippen molar-refractivity contribution in [2.45, 2.75) is 25.3 Å². The summed E-state index contributed by atoms with van der Waals surface area (Å²) in [6, 6.07) is 4.83. The van der Waals surface area contributed by atoms with Crippen LogP contribution in [0.4, 0.5) is 4.39 Å². The number of benzene rings is 1. The van der Waals surface area contributed by atoms with Crippen molar-refractivity contribution in [2.75, 3.05) is 7.11 Å². The van der Waals surface area contributed by atoms with Gasteiger partial charge >= 0.3 is 5.97 Å². The first kappa shape index (κ1) is 15.9. The minimum absolute atomic E-state index is 0.0925. The van der Waals surface area contributed by atoms with Gasteiger partial charge in [-0.05, 0) is 31.4 Å². The molecule has 1 amide bonds. The van der Waals surface area contributed by atoms with Gasteiger partial charge in [0.2, 0.25) is 0 Å². The quantitative estimate of drug-likeness (QED) is 0.474. The molecule has 0 unspecified atom stereocenters. The second-order valence-corrected chi connectivity index (χ2v) is 4.25. The molecule has 0 aliphatic heterocycles. The second-order valence-electron chi connectivity index (χ2n) is 4.25. The van der Waals surface area contributed by atoms with Crippen LogP contribution in [0, 0.1) is 5.82 Å². The van der Waals surface area contributed by atoms with Crippen LogP contribution in [-0.2, 0) is 9.53 Å². The van der Waals surface area contributed by atoms with Crippen LogP contribution < -0.4 is 5.32 Å². The van der Waals surface area contributed by atoms with Gasteiger partial charge in [-0.3, -0.25) is 4.79 Å². The first-order valence-corrected chi connectivity index (χ1v) is 6.34. The zero-order valence-electron chi connectivity index (χ0n) is 11.4. The Kier molecular flexibility index (Phi) is 6.43. The van der Waals surface area contributed by atoms with E-state index in [1.807, 2.05) is 0 Å². The van der Waals surface area contributed by atoms with Gasteiger partial charge in [-0.15, -0.1) is 6.58 Å². The van der Waals surface area contributed by atoms with Crippen LogP contribution in [0.3, 0.4) is 0 Å². The molecular formula is C15H18FNO3. The lowest BCUT2D eigenvalue weighted by Gasteiger charge is -2.16. The van der Waals surface area contributed by atoms with E-state index in [1.54, 1.807) is 12.1 Å². The van der Waals surface area contributed by atoms with E-state index in [2.05, 4.69) is 16.6 Å². The van der Waals surface area contributed by atoms with Gasteiger partial charge in [-0.2, -0.15) is 0 Å². The third-order valence-electron chi connectivity index (χ3n) is 2.81. The zero-order valence-corrected chi connectivity index (χ0v) is 11.4. The highest BCUT2D eigenvalue weighted by Gasteiger charge is 2.22. The molecule has 108 valence electrons. The maximum Gasteiger partial charge on any atom is 0.328 e. The van der Waals surface area contributed by atoms with Gasteiger partial charge in [0.15, 0.2) is 0 Å². The Hall–Kier alpha value is -2.17. The molecule has 0 aromatic heterocycles. The van der Waals surface area contributed by atoms with Crippen molar-refractivity contribution < 1.29 is 18.7 Å². The topological polar surface area (TPSA) is 55.4 Å². The minimum atomic E-state index is -0.785. The van der Waals surface area contributed by atoms with Crippen LogP contribution in [0.25, 0.3) is 0 Å². The molecule has 1 aromatic rings. The largest absolute Gasteiger partial charge is 0.467 e. The SMILES string of the molecule is C=CCCC[C@@H](NC(=O)c1ccccc1F)C(=O)OC. The third kappa shape index (κ3) is 4.50. The smallest absolute Gasteiger partial charge is 0.328 e. The Morgan fingerprint density at radius 2 is 2.15 bits per heavy atom. The van der Waals surface area contributed by atoms with Crippen molar-refractivity contribution in [3.63, 3.8) is 0 Å². The summed E-state index contributed by atoms with van der Waals surface area (Å²) in [6.45, 7) is 3.59. The van der Waals surface area contributed by atoms with E-state index in [0.29, 0.717) is 12.8 Å². The molecule has 20 heavy (non-hydrogen) atoms.